The van der Waals surface area contributed by atoms with Crippen molar-refractivity contribution in [2.24, 2.45) is 0 Å². The van der Waals surface area contributed by atoms with E-state index in [9.17, 15) is 13.4 Å². The van der Waals surface area contributed by atoms with Gasteiger partial charge in [-0.25, -0.2) is 0 Å². The topological polar surface area (TPSA) is 26.3 Å². The fourth-order valence-corrected chi connectivity index (χ4v) is 2.38. The standard InChI is InChI=1S/C8H8BBrF2O2S/c1-5(14-9(11)12)4-6(13)7-2-3-8(10)15-7/h2-3,5H,4H2,1H3. The lowest BCUT2D eigenvalue weighted by atomic mass is 10.1. The maximum Gasteiger partial charge on any atom is 0.721 e. The van der Waals surface area contributed by atoms with E-state index in [1.54, 1.807) is 12.1 Å². The second-order valence-corrected chi connectivity index (χ2v) is 5.40. The van der Waals surface area contributed by atoms with Crippen molar-refractivity contribution in [2.45, 2.75) is 19.4 Å². The first kappa shape index (κ1) is 12.8. The molecule has 0 radical (unpaired) electrons. The fourth-order valence-electron chi connectivity index (χ4n) is 1.05. The van der Waals surface area contributed by atoms with Crippen LogP contribution in [0.3, 0.4) is 0 Å². The van der Waals surface area contributed by atoms with Crippen LogP contribution >= 0.6 is 27.3 Å². The summed E-state index contributed by atoms with van der Waals surface area (Å²) >= 11 is 4.50. The molecule has 2 nitrogen and oxygen atoms in total. The van der Waals surface area contributed by atoms with E-state index in [1.165, 1.54) is 18.3 Å². The molecule has 15 heavy (non-hydrogen) atoms. The highest BCUT2D eigenvalue weighted by Gasteiger charge is 2.21. The summed E-state index contributed by atoms with van der Waals surface area (Å²) in [4.78, 5) is 12.1. The Hall–Kier alpha value is -0.265. The molecule has 1 aromatic heterocycles. The number of carbonyl (C=O) groups is 1. The van der Waals surface area contributed by atoms with Crippen molar-refractivity contribution in [1.82, 2.24) is 0 Å². The minimum Gasteiger partial charge on any atom is -0.376 e. The molecule has 0 aromatic carbocycles. The quantitative estimate of drug-likeness (QED) is 0.615. The Balaban J connectivity index is 2.49. The molecular formula is C8H8BBrF2O2S. The van der Waals surface area contributed by atoms with E-state index >= 15 is 0 Å². The number of carbonyl (C=O) groups excluding carboxylic acids is 1. The van der Waals surface area contributed by atoms with Gasteiger partial charge in [-0.1, -0.05) is 0 Å². The van der Waals surface area contributed by atoms with Gasteiger partial charge in [-0.15, -0.1) is 11.3 Å². The third kappa shape index (κ3) is 4.40. The zero-order valence-corrected chi connectivity index (χ0v) is 10.3. The Kier molecular flexibility index (Phi) is 4.88. The largest absolute Gasteiger partial charge is 0.721 e. The Morgan fingerprint density at radius 3 is 2.80 bits per heavy atom. The maximum atomic E-state index is 11.8. The molecule has 0 saturated carbocycles. The summed E-state index contributed by atoms with van der Waals surface area (Å²) in [6, 6.07) is 3.41. The second kappa shape index (κ2) is 5.72. The van der Waals surface area contributed by atoms with Gasteiger partial charge in [0.2, 0.25) is 0 Å². The van der Waals surface area contributed by atoms with E-state index in [1.807, 2.05) is 0 Å². The molecule has 0 N–H and O–H groups in total. The van der Waals surface area contributed by atoms with Crippen LogP contribution < -0.4 is 0 Å². The Morgan fingerprint density at radius 2 is 2.33 bits per heavy atom. The van der Waals surface area contributed by atoms with Crippen LogP contribution in [-0.2, 0) is 4.65 Å². The van der Waals surface area contributed by atoms with Gasteiger partial charge in [-0.05, 0) is 35.0 Å². The molecule has 1 aromatic rings. The van der Waals surface area contributed by atoms with Gasteiger partial charge in [0.05, 0.1) is 14.8 Å². The van der Waals surface area contributed by atoms with Gasteiger partial charge in [0.1, 0.15) is 0 Å². The summed E-state index contributed by atoms with van der Waals surface area (Å²) in [5.41, 5.74) is 0. The summed E-state index contributed by atoms with van der Waals surface area (Å²) in [6.07, 6.45) is -0.796. The minimum atomic E-state index is -2.83. The SMILES string of the molecule is CC(CC(=O)c1ccc(Br)s1)OB(F)F. The average Bonchev–Trinajstić information content (AvgIpc) is 2.49. The lowest BCUT2D eigenvalue weighted by Gasteiger charge is -2.08. The molecule has 0 saturated heterocycles. The molecule has 0 amide bonds. The fraction of sp³-hybridized carbons (Fsp3) is 0.375. The molecule has 0 aliphatic carbocycles. The van der Waals surface area contributed by atoms with Gasteiger partial charge in [-0.2, -0.15) is 0 Å². The Bertz CT molecular complexity index is 345. The average molecular weight is 297 g/mol. The van der Waals surface area contributed by atoms with Gasteiger partial charge in [-0.3, -0.25) is 13.4 Å². The molecule has 1 rings (SSSR count). The van der Waals surface area contributed by atoms with Crippen LogP contribution in [0.4, 0.5) is 8.63 Å². The number of hydrogen-bond donors (Lipinski definition) is 0. The highest BCUT2D eigenvalue weighted by Crippen LogP contribution is 2.23. The van der Waals surface area contributed by atoms with Gasteiger partial charge >= 0.3 is 7.47 Å². The normalized spacial score (nSPS) is 12.5. The summed E-state index contributed by atoms with van der Waals surface area (Å²) in [5.74, 6) is -0.182. The Labute approximate surface area is 99.0 Å². The van der Waals surface area contributed by atoms with Gasteiger partial charge < -0.3 is 4.65 Å². The van der Waals surface area contributed by atoms with E-state index < -0.39 is 13.6 Å². The molecular weight excluding hydrogens is 289 g/mol. The number of hydrogen-bond acceptors (Lipinski definition) is 3. The minimum absolute atomic E-state index is 0.0305. The lowest BCUT2D eigenvalue weighted by Crippen LogP contribution is -2.19. The zero-order valence-electron chi connectivity index (χ0n) is 7.88. The van der Waals surface area contributed by atoms with Crippen LogP contribution in [0.2, 0.25) is 0 Å². The molecule has 1 unspecified atom stereocenters. The summed E-state index contributed by atoms with van der Waals surface area (Å²) in [5, 5.41) is 0. The van der Waals surface area contributed by atoms with Crippen LogP contribution in [0.25, 0.3) is 0 Å². The van der Waals surface area contributed by atoms with Crippen LogP contribution in [-0.4, -0.2) is 19.4 Å². The lowest BCUT2D eigenvalue weighted by molar-refractivity contribution is 0.0902. The van der Waals surface area contributed by atoms with E-state index in [-0.39, 0.29) is 12.2 Å². The van der Waals surface area contributed by atoms with Crippen molar-refractivity contribution in [3.8, 4) is 0 Å². The van der Waals surface area contributed by atoms with Crippen LogP contribution in [0.1, 0.15) is 23.0 Å². The first-order valence-corrected chi connectivity index (χ1v) is 5.82. The highest BCUT2D eigenvalue weighted by atomic mass is 79.9. The molecule has 82 valence electrons. The van der Waals surface area contributed by atoms with E-state index in [2.05, 4.69) is 20.6 Å². The highest BCUT2D eigenvalue weighted by molar-refractivity contribution is 9.11. The number of ketones is 1. The van der Waals surface area contributed by atoms with E-state index in [0.29, 0.717) is 4.88 Å². The van der Waals surface area contributed by atoms with Crippen molar-refractivity contribution in [3.63, 3.8) is 0 Å². The first-order valence-electron chi connectivity index (χ1n) is 4.21. The molecule has 1 atom stereocenters. The Morgan fingerprint density at radius 1 is 1.67 bits per heavy atom. The van der Waals surface area contributed by atoms with Crippen LogP contribution in [0, 0.1) is 0 Å². The van der Waals surface area contributed by atoms with Crippen molar-refractivity contribution < 1.29 is 18.1 Å². The molecule has 0 aliphatic heterocycles. The van der Waals surface area contributed by atoms with Crippen molar-refractivity contribution >= 4 is 40.5 Å². The monoisotopic (exact) mass is 296 g/mol. The van der Waals surface area contributed by atoms with Crippen molar-refractivity contribution in [1.29, 1.82) is 0 Å². The molecule has 0 fully saturated rings. The van der Waals surface area contributed by atoms with E-state index in [0.717, 1.165) is 3.79 Å². The maximum absolute atomic E-state index is 11.8. The summed E-state index contributed by atoms with van der Waals surface area (Å²) in [7, 11) is -2.83. The predicted octanol–water partition coefficient (Wildman–Crippen LogP) is 3.41. The predicted molar refractivity (Wildman–Crippen MR) is 59.5 cm³/mol. The number of thiophene rings is 1. The molecule has 7 heteroatoms. The van der Waals surface area contributed by atoms with E-state index in [4.69, 9.17) is 0 Å². The third-order valence-corrected chi connectivity index (χ3v) is 3.32. The van der Waals surface area contributed by atoms with Gasteiger partial charge in [0.15, 0.2) is 5.78 Å². The molecule has 0 spiro atoms. The molecule has 1 heterocycles. The molecule has 0 aliphatic rings. The first-order chi connectivity index (χ1) is 6.99. The van der Waals surface area contributed by atoms with Crippen molar-refractivity contribution in [2.75, 3.05) is 0 Å². The smallest absolute Gasteiger partial charge is 0.376 e. The number of rotatable bonds is 5. The summed E-state index contributed by atoms with van der Waals surface area (Å²) in [6.45, 7) is 1.45. The van der Waals surface area contributed by atoms with Crippen LogP contribution in [0.15, 0.2) is 15.9 Å². The van der Waals surface area contributed by atoms with Crippen molar-refractivity contribution in [3.05, 3.63) is 20.8 Å². The molecule has 0 bridgehead atoms. The number of Topliss-reactive ketones (excluding diaryl/α,β-unsaturated/α-hetero) is 1. The second-order valence-electron chi connectivity index (χ2n) is 2.94. The van der Waals surface area contributed by atoms with Gasteiger partial charge in [0.25, 0.3) is 0 Å². The van der Waals surface area contributed by atoms with Crippen LogP contribution in [0.5, 0.6) is 0 Å². The summed E-state index contributed by atoms with van der Waals surface area (Å²) < 4.78 is 28.6. The van der Waals surface area contributed by atoms with Gasteiger partial charge in [0, 0.05) is 6.42 Å². The third-order valence-electron chi connectivity index (χ3n) is 1.66. The zero-order chi connectivity index (χ0) is 11.4. The number of halogens is 3.